The van der Waals surface area contributed by atoms with Crippen LogP contribution in [0.15, 0.2) is 12.2 Å². The third kappa shape index (κ3) is 13.0. The zero-order chi connectivity index (χ0) is 34.1. The van der Waals surface area contributed by atoms with Crippen LogP contribution in [0.4, 0.5) is 0 Å². The molecule has 2 rings (SSSR count). The Morgan fingerprint density at radius 2 is 1.35 bits per heavy atom. The summed E-state index contributed by atoms with van der Waals surface area (Å²) in [5.41, 5.74) is 0. The summed E-state index contributed by atoms with van der Waals surface area (Å²) >= 11 is 0. The van der Waals surface area contributed by atoms with Crippen molar-refractivity contribution in [3.8, 4) is 0 Å². The van der Waals surface area contributed by atoms with Crippen LogP contribution in [0.2, 0.25) is 0 Å². The predicted octanol–water partition coefficient (Wildman–Crippen LogP) is -0.250. The van der Waals surface area contributed by atoms with Crippen molar-refractivity contribution in [2.24, 2.45) is 0 Å². The molecule has 2 heterocycles. The highest BCUT2D eigenvalue weighted by Crippen LogP contribution is 2.29. The van der Waals surface area contributed by atoms with E-state index in [-0.39, 0.29) is 18.9 Å². The zero-order valence-electron chi connectivity index (χ0n) is 27.3. The molecule has 270 valence electrons. The van der Waals surface area contributed by atoms with Gasteiger partial charge in [0.1, 0.15) is 48.8 Å². The summed E-state index contributed by atoms with van der Waals surface area (Å²) in [5, 5.41) is 85.2. The SMILES string of the molecule is CCCCC/C=C/C(O)C(COC1OC(CO)C(OC2OC(CO)C(O)C(O)C2O)C(O)C1O)NC(=O)CCCCCCCCC. The summed E-state index contributed by atoms with van der Waals surface area (Å²) in [6.45, 7) is 2.54. The predicted molar refractivity (Wildman–Crippen MR) is 166 cm³/mol. The van der Waals surface area contributed by atoms with Gasteiger partial charge in [0.15, 0.2) is 12.6 Å². The van der Waals surface area contributed by atoms with Gasteiger partial charge in [-0.1, -0.05) is 77.4 Å². The van der Waals surface area contributed by atoms with E-state index < -0.39 is 86.8 Å². The van der Waals surface area contributed by atoms with Crippen molar-refractivity contribution in [3.63, 3.8) is 0 Å². The van der Waals surface area contributed by atoms with Gasteiger partial charge >= 0.3 is 0 Å². The molecule has 14 nitrogen and oxygen atoms in total. The number of amides is 1. The van der Waals surface area contributed by atoms with Crippen LogP contribution in [0.5, 0.6) is 0 Å². The fourth-order valence-electron chi connectivity index (χ4n) is 5.52. The molecule has 1 amide bonds. The monoisotopic (exact) mass is 665 g/mol. The standard InChI is InChI=1S/C32H59NO13/c1-3-5-7-9-10-12-14-16-24(37)33-20(21(36)15-13-11-8-6-4-2)19-43-31-29(42)27(40)30(23(18-35)45-31)46-32-28(41)26(39)25(38)22(17-34)44-32/h13,15,20-23,25-32,34-36,38-42H,3-12,14,16-19H2,1-2H3,(H,33,37)/b15-13+. The van der Waals surface area contributed by atoms with E-state index >= 15 is 0 Å². The largest absolute Gasteiger partial charge is 0.394 e. The summed E-state index contributed by atoms with van der Waals surface area (Å²) < 4.78 is 22.3. The molecule has 0 saturated carbocycles. The number of allylic oxidation sites excluding steroid dienone is 1. The minimum Gasteiger partial charge on any atom is -0.394 e. The van der Waals surface area contributed by atoms with Crippen LogP contribution < -0.4 is 5.32 Å². The average molecular weight is 666 g/mol. The quantitative estimate of drug-likeness (QED) is 0.0538. The van der Waals surface area contributed by atoms with Gasteiger partial charge in [-0.2, -0.15) is 0 Å². The first-order valence-electron chi connectivity index (χ1n) is 16.9. The number of carbonyl (C=O) groups is 1. The summed E-state index contributed by atoms with van der Waals surface area (Å²) in [7, 11) is 0. The first kappa shape index (κ1) is 40.9. The summed E-state index contributed by atoms with van der Waals surface area (Å²) in [6.07, 6.45) is -2.03. The molecule has 0 aromatic carbocycles. The second kappa shape index (κ2) is 22.4. The second-order valence-corrected chi connectivity index (χ2v) is 12.3. The minimum atomic E-state index is -1.78. The normalized spacial score (nSPS) is 33.3. The Morgan fingerprint density at radius 3 is 2.00 bits per heavy atom. The number of rotatable bonds is 22. The number of aliphatic hydroxyl groups excluding tert-OH is 8. The maximum atomic E-state index is 12.8. The number of carbonyl (C=O) groups excluding carboxylic acids is 1. The highest BCUT2D eigenvalue weighted by molar-refractivity contribution is 5.76. The number of nitrogens with one attached hydrogen (secondary N) is 1. The third-order valence-electron chi connectivity index (χ3n) is 8.47. The number of unbranched alkanes of at least 4 members (excludes halogenated alkanes) is 9. The topological polar surface area (TPSA) is 228 Å². The van der Waals surface area contributed by atoms with E-state index in [9.17, 15) is 45.6 Å². The molecule has 0 bridgehead atoms. The van der Waals surface area contributed by atoms with Gasteiger partial charge in [0.2, 0.25) is 5.91 Å². The van der Waals surface area contributed by atoms with E-state index in [1.807, 2.05) is 6.08 Å². The number of ether oxygens (including phenoxy) is 4. The molecule has 0 aromatic rings. The maximum Gasteiger partial charge on any atom is 0.220 e. The van der Waals surface area contributed by atoms with Crippen LogP contribution in [-0.2, 0) is 23.7 Å². The molecule has 2 saturated heterocycles. The number of hydrogen-bond acceptors (Lipinski definition) is 13. The molecule has 0 spiro atoms. The Labute approximate surface area is 272 Å². The van der Waals surface area contributed by atoms with Gasteiger partial charge in [-0.05, 0) is 19.3 Å². The van der Waals surface area contributed by atoms with Crippen LogP contribution in [-0.4, -0.2) is 140 Å². The van der Waals surface area contributed by atoms with Gasteiger partial charge in [-0.3, -0.25) is 4.79 Å². The molecule has 0 aliphatic carbocycles. The summed E-state index contributed by atoms with van der Waals surface area (Å²) in [6, 6.07) is -0.900. The van der Waals surface area contributed by atoms with Gasteiger partial charge in [0.05, 0.1) is 32.0 Å². The van der Waals surface area contributed by atoms with Crippen LogP contribution in [0.1, 0.15) is 90.9 Å². The van der Waals surface area contributed by atoms with Crippen molar-refractivity contribution in [2.75, 3.05) is 19.8 Å². The van der Waals surface area contributed by atoms with Crippen molar-refractivity contribution in [1.82, 2.24) is 5.32 Å². The molecular formula is C32H59NO13. The van der Waals surface area contributed by atoms with Gasteiger partial charge in [-0.25, -0.2) is 0 Å². The lowest BCUT2D eigenvalue weighted by molar-refractivity contribution is -0.359. The number of hydrogen-bond donors (Lipinski definition) is 9. The summed E-state index contributed by atoms with van der Waals surface area (Å²) in [4.78, 5) is 12.8. The van der Waals surface area contributed by atoms with Gasteiger partial charge in [-0.15, -0.1) is 0 Å². The molecule has 0 radical (unpaired) electrons. The Hall–Kier alpha value is -1.27. The molecule has 9 N–H and O–H groups in total. The maximum absolute atomic E-state index is 12.8. The highest BCUT2D eigenvalue weighted by Gasteiger charge is 2.50. The Bertz CT molecular complexity index is 847. The molecule has 14 heteroatoms. The Balaban J connectivity index is 2.02. The first-order chi connectivity index (χ1) is 22.1. The highest BCUT2D eigenvalue weighted by atomic mass is 16.7. The number of aliphatic hydroxyl groups is 8. The fourth-order valence-corrected chi connectivity index (χ4v) is 5.52. The molecule has 46 heavy (non-hydrogen) atoms. The molecule has 2 fully saturated rings. The van der Waals surface area contributed by atoms with E-state index in [1.54, 1.807) is 6.08 Å². The Morgan fingerprint density at radius 1 is 0.761 bits per heavy atom. The average Bonchev–Trinajstić information content (AvgIpc) is 3.05. The molecular weight excluding hydrogens is 606 g/mol. The smallest absolute Gasteiger partial charge is 0.220 e. The van der Waals surface area contributed by atoms with Gasteiger partial charge < -0.3 is 65.1 Å². The first-order valence-corrected chi connectivity index (χ1v) is 16.9. The zero-order valence-corrected chi connectivity index (χ0v) is 27.3. The van der Waals surface area contributed by atoms with E-state index in [0.717, 1.165) is 44.9 Å². The van der Waals surface area contributed by atoms with Crippen LogP contribution in [0.25, 0.3) is 0 Å². The van der Waals surface area contributed by atoms with Crippen LogP contribution >= 0.6 is 0 Å². The van der Waals surface area contributed by atoms with Gasteiger partial charge in [0, 0.05) is 6.42 Å². The van der Waals surface area contributed by atoms with E-state index in [4.69, 9.17) is 18.9 Å². The molecule has 2 aliphatic rings. The van der Waals surface area contributed by atoms with Crippen LogP contribution in [0.3, 0.4) is 0 Å². The minimum absolute atomic E-state index is 0.257. The molecule has 12 unspecified atom stereocenters. The van der Waals surface area contributed by atoms with Crippen molar-refractivity contribution in [3.05, 3.63) is 12.2 Å². The summed E-state index contributed by atoms with van der Waals surface area (Å²) in [5.74, 6) is -0.257. The van der Waals surface area contributed by atoms with Gasteiger partial charge in [0.25, 0.3) is 0 Å². The molecule has 2 aliphatic heterocycles. The van der Waals surface area contributed by atoms with Crippen molar-refractivity contribution in [1.29, 1.82) is 0 Å². The lowest BCUT2D eigenvalue weighted by Gasteiger charge is -2.46. The van der Waals surface area contributed by atoms with E-state index in [1.165, 1.54) is 19.3 Å². The lowest BCUT2D eigenvalue weighted by Crippen LogP contribution is -2.65. The van der Waals surface area contributed by atoms with Crippen molar-refractivity contribution < 1.29 is 64.6 Å². The fraction of sp³-hybridized carbons (Fsp3) is 0.906. The third-order valence-corrected chi connectivity index (χ3v) is 8.47. The Kier molecular flexibility index (Phi) is 19.9. The second-order valence-electron chi connectivity index (χ2n) is 12.3. The lowest BCUT2D eigenvalue weighted by atomic mass is 9.97. The molecule has 12 atom stereocenters. The van der Waals surface area contributed by atoms with Crippen LogP contribution in [0, 0.1) is 0 Å². The van der Waals surface area contributed by atoms with Crippen molar-refractivity contribution >= 4 is 5.91 Å². The van der Waals surface area contributed by atoms with E-state index in [2.05, 4.69) is 19.2 Å². The van der Waals surface area contributed by atoms with Crippen molar-refractivity contribution in [2.45, 2.75) is 164 Å². The molecule has 0 aromatic heterocycles. The van der Waals surface area contributed by atoms with E-state index in [0.29, 0.717) is 6.42 Å².